The summed E-state index contributed by atoms with van der Waals surface area (Å²) in [7, 11) is 0. The molecule has 0 aliphatic rings. The number of nitrogens with zero attached hydrogens (tertiary/aromatic N) is 2. The van der Waals surface area contributed by atoms with E-state index in [2.05, 4.69) is 30.3 Å². The monoisotopic (exact) mass is 250 g/mol. The molecule has 0 aliphatic heterocycles. The van der Waals surface area contributed by atoms with Crippen molar-refractivity contribution in [1.82, 2.24) is 9.59 Å². The molecule has 0 aromatic carbocycles. The van der Waals surface area contributed by atoms with Crippen molar-refractivity contribution >= 4 is 33.9 Å². The van der Waals surface area contributed by atoms with Crippen molar-refractivity contribution < 1.29 is 9.53 Å². The Balaban J connectivity index is 2.44. The molecule has 1 aromatic heterocycles. The van der Waals surface area contributed by atoms with Gasteiger partial charge in [-0.3, -0.25) is 4.79 Å². The van der Waals surface area contributed by atoms with Gasteiger partial charge in [0.25, 0.3) is 6.47 Å². The van der Waals surface area contributed by atoms with Crippen molar-refractivity contribution in [3.63, 3.8) is 0 Å². The molecular weight excluding hydrogens is 244 g/mol. The second-order valence-corrected chi connectivity index (χ2v) is 3.39. The van der Waals surface area contributed by atoms with Gasteiger partial charge in [0.15, 0.2) is 0 Å². The van der Waals surface area contributed by atoms with Crippen molar-refractivity contribution in [3.8, 4) is 0 Å². The van der Waals surface area contributed by atoms with Gasteiger partial charge in [-0.2, -0.15) is 0 Å². The second-order valence-electron chi connectivity index (χ2n) is 1.99. The molecule has 0 saturated heterocycles. The molecule has 12 heavy (non-hydrogen) atoms. The maximum Gasteiger partial charge on any atom is 0.293 e. The van der Waals surface area contributed by atoms with Crippen LogP contribution >= 0.6 is 27.5 Å². The predicted octanol–water partition coefficient (Wildman–Crippen LogP) is 1.15. The summed E-state index contributed by atoms with van der Waals surface area (Å²) in [5.41, 5.74) is 0.925. The Morgan fingerprint density at radius 3 is 3.17 bits per heavy atom. The molecule has 0 unspecified atom stereocenters. The summed E-state index contributed by atoms with van der Waals surface area (Å²) in [6.07, 6.45) is 0.692. The summed E-state index contributed by atoms with van der Waals surface area (Å²) >= 11 is 4.63. The Kier molecular flexibility index (Phi) is 4.16. The topological polar surface area (TPSA) is 52.1 Å². The number of halogens is 1. The van der Waals surface area contributed by atoms with E-state index in [1.807, 2.05) is 0 Å². The highest BCUT2D eigenvalue weighted by atomic mass is 79.9. The van der Waals surface area contributed by atoms with Crippen molar-refractivity contribution in [3.05, 3.63) is 10.6 Å². The van der Waals surface area contributed by atoms with Gasteiger partial charge in [-0.15, -0.1) is 5.10 Å². The normalized spacial score (nSPS) is 9.75. The summed E-state index contributed by atoms with van der Waals surface area (Å²) < 4.78 is 8.35. The number of ether oxygens (including phenoxy) is 1. The van der Waals surface area contributed by atoms with Crippen molar-refractivity contribution in [2.24, 2.45) is 0 Å². The standard InChI is InChI=1S/C6H7BrN2O2S/c7-3-5-6(12-9-8-5)1-2-11-4-10/h4H,1-3H2. The summed E-state index contributed by atoms with van der Waals surface area (Å²) in [5.74, 6) is 0. The minimum absolute atomic E-state index is 0.396. The fourth-order valence-corrected chi connectivity index (χ4v) is 1.99. The van der Waals surface area contributed by atoms with Gasteiger partial charge >= 0.3 is 0 Å². The van der Waals surface area contributed by atoms with E-state index in [-0.39, 0.29) is 0 Å². The highest BCUT2D eigenvalue weighted by Gasteiger charge is 2.05. The molecule has 0 spiro atoms. The third-order valence-corrected chi connectivity index (χ3v) is 2.63. The number of carbonyl (C=O) groups excluding carboxylic acids is 1. The molecule has 0 amide bonds. The maximum absolute atomic E-state index is 9.83. The summed E-state index contributed by atoms with van der Waals surface area (Å²) in [6, 6.07) is 0. The highest BCUT2D eigenvalue weighted by Crippen LogP contribution is 2.13. The maximum atomic E-state index is 9.83. The van der Waals surface area contributed by atoms with Crippen LogP contribution in [0, 0.1) is 0 Å². The van der Waals surface area contributed by atoms with Crippen LogP contribution in [0.4, 0.5) is 0 Å². The van der Waals surface area contributed by atoms with E-state index < -0.39 is 0 Å². The fourth-order valence-electron chi connectivity index (χ4n) is 0.718. The lowest BCUT2D eigenvalue weighted by Crippen LogP contribution is -1.96. The summed E-state index contributed by atoms with van der Waals surface area (Å²) in [6.45, 7) is 0.843. The molecule has 4 nitrogen and oxygen atoms in total. The Hall–Kier alpha value is -0.490. The van der Waals surface area contributed by atoms with Gasteiger partial charge < -0.3 is 4.74 Å². The van der Waals surface area contributed by atoms with E-state index in [4.69, 9.17) is 0 Å². The van der Waals surface area contributed by atoms with Crippen LogP contribution in [-0.2, 0) is 21.3 Å². The lowest BCUT2D eigenvalue weighted by Gasteiger charge is -1.96. The summed E-state index contributed by atoms with van der Waals surface area (Å²) in [5, 5.41) is 4.59. The second kappa shape index (κ2) is 5.21. The Labute approximate surface area is 82.2 Å². The molecule has 1 heterocycles. The molecule has 0 radical (unpaired) electrons. The van der Waals surface area contributed by atoms with Gasteiger partial charge in [-0.25, -0.2) is 0 Å². The number of hydrogen-bond acceptors (Lipinski definition) is 5. The molecule has 0 N–H and O–H groups in total. The number of alkyl halides is 1. The van der Waals surface area contributed by atoms with E-state index in [9.17, 15) is 4.79 Å². The largest absolute Gasteiger partial charge is 0.468 e. The molecule has 0 aliphatic carbocycles. The molecule has 0 fully saturated rings. The number of aromatic nitrogens is 2. The molecule has 0 bridgehead atoms. The van der Waals surface area contributed by atoms with Gasteiger partial charge in [-0.05, 0) is 11.5 Å². The van der Waals surface area contributed by atoms with E-state index >= 15 is 0 Å². The first-order valence-electron chi connectivity index (χ1n) is 3.29. The average Bonchev–Trinajstić information content (AvgIpc) is 2.52. The zero-order valence-electron chi connectivity index (χ0n) is 6.20. The van der Waals surface area contributed by atoms with E-state index in [1.54, 1.807) is 0 Å². The molecular formula is C6H7BrN2O2S. The third-order valence-electron chi connectivity index (χ3n) is 1.28. The number of carbonyl (C=O) groups is 1. The highest BCUT2D eigenvalue weighted by molar-refractivity contribution is 9.08. The SMILES string of the molecule is O=COCCc1snnc1CBr. The number of hydrogen-bond donors (Lipinski definition) is 0. The van der Waals surface area contributed by atoms with E-state index in [0.29, 0.717) is 24.8 Å². The Bertz CT molecular complexity index is 253. The first-order chi connectivity index (χ1) is 5.88. The van der Waals surface area contributed by atoms with Gasteiger partial charge in [0.2, 0.25) is 0 Å². The molecule has 6 heteroatoms. The molecule has 0 saturated carbocycles. The van der Waals surface area contributed by atoms with Crippen LogP contribution < -0.4 is 0 Å². The van der Waals surface area contributed by atoms with Crippen LogP contribution in [0.5, 0.6) is 0 Å². The Morgan fingerprint density at radius 1 is 1.67 bits per heavy atom. The van der Waals surface area contributed by atoms with Gasteiger partial charge in [0.05, 0.1) is 17.2 Å². The van der Waals surface area contributed by atoms with Gasteiger partial charge in [0, 0.05) is 11.8 Å². The third kappa shape index (κ3) is 2.53. The first-order valence-corrected chi connectivity index (χ1v) is 5.19. The van der Waals surface area contributed by atoms with Gasteiger partial charge in [0.1, 0.15) is 0 Å². The smallest absolute Gasteiger partial charge is 0.293 e. The lowest BCUT2D eigenvalue weighted by atomic mass is 10.3. The quantitative estimate of drug-likeness (QED) is 0.447. The lowest BCUT2D eigenvalue weighted by molar-refractivity contribution is -0.128. The zero-order chi connectivity index (χ0) is 8.81. The van der Waals surface area contributed by atoms with Crippen LogP contribution in [0.25, 0.3) is 0 Å². The molecule has 1 rings (SSSR count). The first kappa shape index (κ1) is 9.60. The molecule has 66 valence electrons. The average molecular weight is 251 g/mol. The molecule has 0 atom stereocenters. The summed E-state index contributed by atoms with van der Waals surface area (Å²) in [4.78, 5) is 10.9. The number of rotatable bonds is 5. The van der Waals surface area contributed by atoms with Gasteiger partial charge in [-0.1, -0.05) is 20.4 Å². The predicted molar refractivity (Wildman–Crippen MR) is 48.3 cm³/mol. The van der Waals surface area contributed by atoms with Crippen molar-refractivity contribution in [2.75, 3.05) is 6.61 Å². The molecule has 1 aromatic rings. The van der Waals surface area contributed by atoms with E-state index in [1.165, 1.54) is 11.5 Å². The van der Waals surface area contributed by atoms with Crippen molar-refractivity contribution in [2.45, 2.75) is 11.8 Å². The van der Waals surface area contributed by atoms with E-state index in [0.717, 1.165) is 10.6 Å². The van der Waals surface area contributed by atoms with Crippen LogP contribution in [0.15, 0.2) is 0 Å². The minimum Gasteiger partial charge on any atom is -0.468 e. The van der Waals surface area contributed by atoms with Crippen molar-refractivity contribution in [1.29, 1.82) is 0 Å². The minimum atomic E-state index is 0.396. The Morgan fingerprint density at radius 2 is 2.50 bits per heavy atom. The van der Waals surface area contributed by atoms with Crippen LogP contribution in [0.2, 0.25) is 0 Å². The van der Waals surface area contributed by atoms with Crippen LogP contribution in [-0.4, -0.2) is 22.7 Å². The fraction of sp³-hybridized carbons (Fsp3) is 0.500. The zero-order valence-corrected chi connectivity index (χ0v) is 8.60. The van der Waals surface area contributed by atoms with Crippen LogP contribution in [0.3, 0.4) is 0 Å². The van der Waals surface area contributed by atoms with Crippen LogP contribution in [0.1, 0.15) is 10.6 Å².